The molecule has 3 fully saturated rings. The fourth-order valence-corrected chi connectivity index (χ4v) is 4.53. The molecule has 0 aromatic heterocycles. The van der Waals surface area contributed by atoms with E-state index in [-0.39, 0.29) is 36.1 Å². The van der Waals surface area contributed by atoms with Gasteiger partial charge in [-0.05, 0) is 30.6 Å². The monoisotopic (exact) mass is 288 g/mol. The number of carbonyl (C=O) groups excluding carboxylic acids is 2. The van der Waals surface area contributed by atoms with E-state index in [1.54, 1.807) is 0 Å². The highest BCUT2D eigenvalue weighted by Crippen LogP contribution is 2.61. The molecule has 19 heavy (non-hydrogen) atoms. The van der Waals surface area contributed by atoms with Crippen LogP contribution in [0.15, 0.2) is 0 Å². The van der Waals surface area contributed by atoms with E-state index < -0.39 is 21.8 Å². The minimum absolute atomic E-state index is 0.0921. The van der Waals surface area contributed by atoms with Crippen LogP contribution in [0.1, 0.15) is 19.3 Å². The van der Waals surface area contributed by atoms with Gasteiger partial charge in [-0.2, -0.15) is 8.42 Å². The molecule has 6 nitrogen and oxygen atoms in total. The first-order valence-corrected chi connectivity index (χ1v) is 8.12. The molecule has 3 aliphatic carbocycles. The quantitative estimate of drug-likeness (QED) is 0.589. The molecule has 2 bridgehead atoms. The van der Waals surface area contributed by atoms with E-state index in [0.717, 1.165) is 12.8 Å². The van der Waals surface area contributed by atoms with Crippen LogP contribution in [0.4, 0.5) is 0 Å². The third kappa shape index (κ3) is 2.18. The second-order valence-electron chi connectivity index (χ2n) is 5.82. The van der Waals surface area contributed by atoms with E-state index in [1.165, 1.54) is 0 Å². The molecule has 0 amide bonds. The minimum Gasteiger partial charge on any atom is -0.464 e. The minimum atomic E-state index is -4.10. The molecule has 7 heteroatoms. The van der Waals surface area contributed by atoms with Crippen LogP contribution in [0.2, 0.25) is 0 Å². The smallest absolute Gasteiger partial charge is 0.309 e. The van der Waals surface area contributed by atoms with Gasteiger partial charge in [0.1, 0.15) is 18.1 Å². The van der Waals surface area contributed by atoms with Crippen molar-refractivity contribution in [3.05, 3.63) is 0 Å². The largest absolute Gasteiger partial charge is 0.464 e. The maximum atomic E-state index is 12.0. The molecule has 5 unspecified atom stereocenters. The van der Waals surface area contributed by atoms with Gasteiger partial charge in [0.15, 0.2) is 0 Å². The molecular formula is C12H16O6S. The summed E-state index contributed by atoms with van der Waals surface area (Å²) in [4.78, 5) is 23.7. The molecule has 106 valence electrons. The van der Waals surface area contributed by atoms with Crippen molar-refractivity contribution < 1.29 is 27.3 Å². The lowest BCUT2D eigenvalue weighted by atomic mass is 9.80. The van der Waals surface area contributed by atoms with E-state index in [0.29, 0.717) is 12.3 Å². The molecule has 5 atom stereocenters. The van der Waals surface area contributed by atoms with Crippen molar-refractivity contribution in [1.29, 1.82) is 0 Å². The topological polar surface area (TPSA) is 97.7 Å². The molecule has 0 saturated heterocycles. The summed E-state index contributed by atoms with van der Waals surface area (Å²) in [5.74, 6) is -0.187. The van der Waals surface area contributed by atoms with Crippen LogP contribution in [-0.4, -0.2) is 37.1 Å². The zero-order valence-electron chi connectivity index (χ0n) is 10.3. The van der Waals surface area contributed by atoms with Crippen LogP contribution in [-0.2, 0) is 24.4 Å². The normalized spacial score (nSPS) is 39.8. The van der Waals surface area contributed by atoms with Crippen molar-refractivity contribution in [3.8, 4) is 0 Å². The number of Topliss-reactive ketones (excluding diaryl/α,β-unsaturated/α-hetero) is 1. The lowest BCUT2D eigenvalue weighted by molar-refractivity contribution is -0.151. The fraction of sp³-hybridized carbons (Fsp3) is 0.833. The van der Waals surface area contributed by atoms with Crippen LogP contribution in [0.5, 0.6) is 0 Å². The van der Waals surface area contributed by atoms with E-state index in [2.05, 4.69) is 0 Å². The summed E-state index contributed by atoms with van der Waals surface area (Å²) in [6, 6.07) is 0. The second kappa shape index (κ2) is 4.28. The number of rotatable bonds is 4. The highest BCUT2D eigenvalue weighted by molar-refractivity contribution is 7.85. The standard InChI is InChI=1S/C12H16O6S/c13-10-5-9-7-3-6(4-8(7)10)11(9)12(14)18-1-2-19(15,16)17/h6-9,11H,1-5H2,(H,15,16,17). The first kappa shape index (κ1) is 13.1. The number of hydrogen-bond acceptors (Lipinski definition) is 5. The Bertz CT molecular complexity index is 524. The Balaban J connectivity index is 1.61. The van der Waals surface area contributed by atoms with E-state index >= 15 is 0 Å². The molecule has 0 aromatic rings. The molecule has 3 aliphatic rings. The SMILES string of the molecule is O=C1CC2C3CC(CC13)C2C(=O)OCCS(=O)(=O)O. The van der Waals surface area contributed by atoms with Gasteiger partial charge in [-0.15, -0.1) is 0 Å². The van der Waals surface area contributed by atoms with Crippen molar-refractivity contribution in [2.45, 2.75) is 19.3 Å². The van der Waals surface area contributed by atoms with Gasteiger partial charge in [0.05, 0.1) is 5.92 Å². The molecule has 3 saturated carbocycles. The number of ether oxygens (including phenoxy) is 1. The highest BCUT2D eigenvalue weighted by Gasteiger charge is 2.61. The van der Waals surface area contributed by atoms with Gasteiger partial charge in [-0.25, -0.2) is 0 Å². The van der Waals surface area contributed by atoms with Gasteiger partial charge >= 0.3 is 5.97 Å². The molecule has 1 N–H and O–H groups in total. The van der Waals surface area contributed by atoms with Crippen molar-refractivity contribution in [1.82, 2.24) is 0 Å². The lowest BCUT2D eigenvalue weighted by Crippen LogP contribution is -2.31. The second-order valence-corrected chi connectivity index (χ2v) is 7.39. The molecule has 0 heterocycles. The fourth-order valence-electron chi connectivity index (χ4n) is 4.24. The van der Waals surface area contributed by atoms with E-state index in [4.69, 9.17) is 9.29 Å². The van der Waals surface area contributed by atoms with E-state index in [9.17, 15) is 18.0 Å². The lowest BCUT2D eigenvalue weighted by Gasteiger charge is -2.25. The third-order valence-corrected chi connectivity index (χ3v) is 5.56. The van der Waals surface area contributed by atoms with Crippen molar-refractivity contribution in [3.63, 3.8) is 0 Å². The van der Waals surface area contributed by atoms with Gasteiger partial charge in [0.25, 0.3) is 10.1 Å². The molecule has 0 spiro atoms. The number of esters is 1. The molecule has 0 radical (unpaired) electrons. The van der Waals surface area contributed by atoms with Crippen LogP contribution in [0, 0.1) is 29.6 Å². The molecule has 3 rings (SSSR count). The number of fused-ring (bicyclic) bond motifs is 1. The van der Waals surface area contributed by atoms with Crippen LogP contribution in [0.3, 0.4) is 0 Å². The van der Waals surface area contributed by atoms with Crippen LogP contribution >= 0.6 is 0 Å². The summed E-state index contributed by atoms with van der Waals surface area (Å²) in [5.41, 5.74) is 0. The van der Waals surface area contributed by atoms with Gasteiger partial charge in [-0.1, -0.05) is 0 Å². The van der Waals surface area contributed by atoms with Crippen molar-refractivity contribution in [2.24, 2.45) is 29.6 Å². The Hall–Kier alpha value is -0.950. The number of carbonyl (C=O) groups is 2. The maximum Gasteiger partial charge on any atom is 0.309 e. The highest BCUT2D eigenvalue weighted by atomic mass is 32.2. The molecular weight excluding hydrogens is 272 g/mol. The summed E-state index contributed by atoms with van der Waals surface area (Å²) in [7, 11) is -4.10. The Morgan fingerprint density at radius 2 is 2.05 bits per heavy atom. The van der Waals surface area contributed by atoms with Crippen molar-refractivity contribution >= 4 is 21.9 Å². The maximum absolute atomic E-state index is 12.0. The Labute approximate surface area is 111 Å². The third-order valence-electron chi connectivity index (χ3n) is 4.88. The number of ketones is 1. The first-order chi connectivity index (χ1) is 8.87. The van der Waals surface area contributed by atoms with Crippen LogP contribution in [0.25, 0.3) is 0 Å². The summed E-state index contributed by atoms with van der Waals surface area (Å²) < 4.78 is 34.6. The summed E-state index contributed by atoms with van der Waals surface area (Å²) >= 11 is 0. The molecule has 0 aliphatic heterocycles. The average molecular weight is 288 g/mol. The first-order valence-electron chi connectivity index (χ1n) is 6.51. The van der Waals surface area contributed by atoms with Gasteiger partial charge in [0, 0.05) is 12.3 Å². The van der Waals surface area contributed by atoms with E-state index in [1.807, 2.05) is 0 Å². The van der Waals surface area contributed by atoms with Crippen LogP contribution < -0.4 is 0 Å². The number of hydrogen-bond donors (Lipinski definition) is 1. The zero-order valence-corrected chi connectivity index (χ0v) is 11.1. The molecule has 0 aromatic carbocycles. The summed E-state index contributed by atoms with van der Waals surface area (Å²) in [5, 5.41) is 0. The predicted octanol–water partition coefficient (Wildman–Crippen LogP) is 0.279. The summed E-state index contributed by atoms with van der Waals surface area (Å²) in [6.45, 7) is -0.324. The predicted molar refractivity (Wildman–Crippen MR) is 63.7 cm³/mol. The van der Waals surface area contributed by atoms with Gasteiger partial charge in [0.2, 0.25) is 0 Å². The average Bonchev–Trinajstić information content (AvgIpc) is 2.87. The Kier molecular flexibility index (Phi) is 2.94. The van der Waals surface area contributed by atoms with Gasteiger partial charge in [-0.3, -0.25) is 14.1 Å². The van der Waals surface area contributed by atoms with Gasteiger partial charge < -0.3 is 4.74 Å². The zero-order chi connectivity index (χ0) is 13.8. The summed E-state index contributed by atoms with van der Waals surface area (Å²) in [6.07, 6.45) is 2.15. The Morgan fingerprint density at radius 1 is 1.32 bits per heavy atom. The Morgan fingerprint density at radius 3 is 2.74 bits per heavy atom. The van der Waals surface area contributed by atoms with Crippen molar-refractivity contribution in [2.75, 3.05) is 12.4 Å².